The number of aliphatic carboxylic acids is 1. The molecule has 0 saturated heterocycles. The van der Waals surface area contributed by atoms with Gasteiger partial charge in [0.05, 0.1) is 30.8 Å². The van der Waals surface area contributed by atoms with Gasteiger partial charge in [0.15, 0.2) is 5.01 Å². The number of halogens is 1. The van der Waals surface area contributed by atoms with E-state index in [-0.39, 0.29) is 17.3 Å². The Labute approximate surface area is 307 Å². The van der Waals surface area contributed by atoms with Crippen molar-refractivity contribution in [1.82, 2.24) is 25.5 Å². The summed E-state index contributed by atoms with van der Waals surface area (Å²) in [5.41, 5.74) is 1.84. The van der Waals surface area contributed by atoms with E-state index >= 15 is 0 Å². The van der Waals surface area contributed by atoms with Gasteiger partial charge < -0.3 is 30.0 Å². The number of H-pyrrole nitrogens is 1. The Morgan fingerprint density at radius 3 is 2.25 bits per heavy atom. The van der Waals surface area contributed by atoms with E-state index in [1.807, 2.05) is 43.4 Å². The van der Waals surface area contributed by atoms with Gasteiger partial charge in [-0.05, 0) is 46.7 Å². The number of aromatic nitrogens is 2. The molecule has 0 saturated carbocycles. The van der Waals surface area contributed by atoms with Crippen LogP contribution in [0.4, 0.5) is 0 Å². The predicted molar refractivity (Wildman–Crippen MR) is 204 cm³/mol. The van der Waals surface area contributed by atoms with Crippen LogP contribution in [-0.2, 0) is 22.2 Å². The number of nitrogens with one attached hydrogen (secondary N) is 3. The van der Waals surface area contributed by atoms with Crippen LogP contribution >= 0.6 is 22.9 Å². The van der Waals surface area contributed by atoms with Crippen molar-refractivity contribution in [2.24, 2.45) is 0 Å². The molecule has 0 fully saturated rings. The molecule has 5 aromatic rings. The van der Waals surface area contributed by atoms with E-state index in [9.17, 15) is 19.5 Å². The van der Waals surface area contributed by atoms with Crippen molar-refractivity contribution in [3.63, 3.8) is 0 Å². The molecule has 6 rings (SSSR count). The summed E-state index contributed by atoms with van der Waals surface area (Å²) in [6.07, 6.45) is 0.273. The number of carboxylic acids is 1. The normalized spacial score (nSPS) is 14.8. The Bertz CT molecular complexity index is 1990. The zero-order chi connectivity index (χ0) is 36.3. The molecule has 0 aliphatic carbocycles. The van der Waals surface area contributed by atoms with E-state index in [0.717, 1.165) is 39.3 Å². The standard InChI is InChI=1S/C38H42ClN5O5SSi/c1-38(2,3)51(26-11-7-5-8-12-26,27-13-9-6-10-14-27)49-23-32(42-36(48)37-43-29-17-18-44(4)22-33(29)50-37)30(21-34(45)46)41-35(47)31-20-24-19-25(39)15-16-28(24)40-31/h5-16,19-20,30,32,40H,17-18,21-23H2,1-4H3,(H,41,47)(H,42,48)(H,45,46)/t30-,32-/m1/s1. The van der Waals surface area contributed by atoms with E-state index in [1.165, 1.54) is 11.3 Å². The molecular weight excluding hydrogens is 702 g/mol. The molecule has 1 aliphatic heterocycles. The molecule has 0 spiro atoms. The van der Waals surface area contributed by atoms with Gasteiger partial charge in [-0.1, -0.05) is 93.0 Å². The van der Waals surface area contributed by atoms with Gasteiger partial charge in [0.2, 0.25) is 0 Å². The maximum atomic E-state index is 14.0. The second-order valence-corrected chi connectivity index (χ2v) is 19.8. The maximum Gasteiger partial charge on any atom is 0.305 e. The van der Waals surface area contributed by atoms with Crippen LogP contribution in [0.1, 0.15) is 58.1 Å². The average molecular weight is 744 g/mol. The van der Waals surface area contributed by atoms with Crippen LogP contribution in [0.15, 0.2) is 84.9 Å². The number of benzene rings is 3. The summed E-state index contributed by atoms with van der Waals surface area (Å²) in [4.78, 5) is 51.2. The van der Waals surface area contributed by atoms with Crippen molar-refractivity contribution in [3.05, 3.63) is 111 Å². The van der Waals surface area contributed by atoms with Crippen LogP contribution in [0.25, 0.3) is 10.9 Å². The summed E-state index contributed by atoms with van der Waals surface area (Å²) in [7, 11) is -1.09. The van der Waals surface area contributed by atoms with Crippen molar-refractivity contribution in [3.8, 4) is 0 Å². The summed E-state index contributed by atoms with van der Waals surface area (Å²) in [6, 6.07) is 25.0. The molecule has 2 amide bonds. The van der Waals surface area contributed by atoms with E-state index in [4.69, 9.17) is 16.0 Å². The molecule has 0 unspecified atom stereocenters. The number of carbonyl (C=O) groups excluding carboxylic acids is 2. The number of likely N-dealkylation sites (N-methyl/N-ethyl adjacent to an activating group) is 1. The summed E-state index contributed by atoms with van der Waals surface area (Å²) in [5, 5.41) is 19.3. The molecule has 3 aromatic carbocycles. The second-order valence-electron chi connectivity index (χ2n) is 14.0. The first-order valence-electron chi connectivity index (χ1n) is 16.9. The first kappa shape index (κ1) is 36.5. The molecule has 0 bridgehead atoms. The zero-order valence-electron chi connectivity index (χ0n) is 29.0. The van der Waals surface area contributed by atoms with Gasteiger partial charge in [0, 0.05) is 40.3 Å². The minimum Gasteiger partial charge on any atom is -0.481 e. The molecule has 0 radical (unpaired) electrons. The highest BCUT2D eigenvalue weighted by atomic mass is 35.5. The largest absolute Gasteiger partial charge is 0.481 e. The molecule has 266 valence electrons. The first-order valence-corrected chi connectivity index (χ1v) is 20.0. The quantitative estimate of drug-likeness (QED) is 0.129. The van der Waals surface area contributed by atoms with Crippen molar-refractivity contribution >= 4 is 70.3 Å². The highest BCUT2D eigenvalue weighted by Gasteiger charge is 2.51. The molecule has 13 heteroatoms. The molecule has 51 heavy (non-hydrogen) atoms. The molecule has 10 nitrogen and oxygen atoms in total. The zero-order valence-corrected chi connectivity index (χ0v) is 31.6. The van der Waals surface area contributed by atoms with Gasteiger partial charge in [0.25, 0.3) is 20.1 Å². The fraction of sp³-hybridized carbons (Fsp3) is 0.316. The van der Waals surface area contributed by atoms with Crippen molar-refractivity contribution in [2.75, 3.05) is 20.2 Å². The van der Waals surface area contributed by atoms with Crippen LogP contribution in [-0.4, -0.2) is 78.4 Å². The fourth-order valence-electron chi connectivity index (χ4n) is 6.84. The molecular formula is C38H42ClN5O5SSi. The number of carbonyl (C=O) groups is 3. The van der Waals surface area contributed by atoms with Crippen LogP contribution in [0, 0.1) is 0 Å². The van der Waals surface area contributed by atoms with Crippen LogP contribution in [0.5, 0.6) is 0 Å². The Kier molecular flexibility index (Phi) is 10.8. The molecule has 2 aromatic heterocycles. The minimum atomic E-state index is -3.12. The Hall–Kier alpha value is -4.33. The molecule has 1 aliphatic rings. The number of fused-ring (bicyclic) bond motifs is 2. The van der Waals surface area contributed by atoms with Crippen LogP contribution in [0.2, 0.25) is 10.1 Å². The topological polar surface area (TPSA) is 137 Å². The lowest BCUT2D eigenvalue weighted by molar-refractivity contribution is -0.137. The second kappa shape index (κ2) is 15.1. The summed E-state index contributed by atoms with van der Waals surface area (Å²) < 4.78 is 7.21. The number of rotatable bonds is 12. The van der Waals surface area contributed by atoms with Crippen LogP contribution in [0.3, 0.4) is 0 Å². The van der Waals surface area contributed by atoms with Crippen molar-refractivity contribution in [1.29, 1.82) is 0 Å². The third-order valence-electron chi connectivity index (χ3n) is 9.35. The summed E-state index contributed by atoms with van der Waals surface area (Å²) in [5.74, 6) is -2.11. The predicted octanol–water partition coefficient (Wildman–Crippen LogP) is 5.21. The van der Waals surface area contributed by atoms with E-state index in [1.54, 1.807) is 24.3 Å². The van der Waals surface area contributed by atoms with Gasteiger partial charge in [-0.15, -0.1) is 11.3 Å². The first-order chi connectivity index (χ1) is 24.3. The number of hydrogen-bond acceptors (Lipinski definition) is 7. The summed E-state index contributed by atoms with van der Waals surface area (Å²) >= 11 is 7.52. The molecule has 2 atom stereocenters. The van der Waals surface area contributed by atoms with Gasteiger partial charge in [-0.2, -0.15) is 0 Å². The lowest BCUT2D eigenvalue weighted by Gasteiger charge is -2.44. The van der Waals surface area contributed by atoms with Crippen LogP contribution < -0.4 is 21.0 Å². The minimum absolute atomic E-state index is 0.0760. The van der Waals surface area contributed by atoms with Crippen molar-refractivity contribution in [2.45, 2.75) is 57.3 Å². The smallest absolute Gasteiger partial charge is 0.305 e. The Morgan fingerprint density at radius 2 is 1.63 bits per heavy atom. The Morgan fingerprint density at radius 1 is 0.980 bits per heavy atom. The number of carboxylic acid groups (broad SMARTS) is 1. The SMILES string of the molecule is CN1CCc2nc(C(=O)N[C@H](CO[Si](c3ccccc3)(c3ccccc3)C(C)(C)C)[C@@H](CC(=O)O)NC(=O)c3cc4cc(Cl)ccc4[nH]3)sc2C1. The third kappa shape index (κ3) is 7.95. The van der Waals surface area contributed by atoms with E-state index < -0.39 is 44.6 Å². The summed E-state index contributed by atoms with van der Waals surface area (Å²) in [6.45, 7) is 7.90. The van der Waals surface area contributed by atoms with E-state index in [2.05, 4.69) is 70.5 Å². The average Bonchev–Trinajstić information content (AvgIpc) is 3.72. The van der Waals surface area contributed by atoms with Gasteiger partial charge in [0.1, 0.15) is 5.69 Å². The maximum absolute atomic E-state index is 14.0. The lowest BCUT2D eigenvalue weighted by Crippen LogP contribution is -2.68. The van der Waals surface area contributed by atoms with Crippen molar-refractivity contribution < 1.29 is 23.9 Å². The monoisotopic (exact) mass is 743 g/mol. The third-order valence-corrected chi connectivity index (χ3v) is 15.7. The van der Waals surface area contributed by atoms with E-state index in [0.29, 0.717) is 22.1 Å². The number of nitrogens with zero attached hydrogens (tertiary/aromatic N) is 2. The Balaban J connectivity index is 1.38. The number of thiazole rings is 1. The number of amides is 2. The van der Waals surface area contributed by atoms with Gasteiger partial charge in [-0.3, -0.25) is 14.4 Å². The van der Waals surface area contributed by atoms with Gasteiger partial charge >= 0.3 is 5.97 Å². The van der Waals surface area contributed by atoms with Gasteiger partial charge in [-0.25, -0.2) is 4.98 Å². The fourth-order valence-corrected chi connectivity index (χ4v) is 12.7. The molecule has 4 N–H and O–H groups in total. The number of aromatic amines is 1. The number of hydrogen-bond donors (Lipinski definition) is 4. The highest BCUT2D eigenvalue weighted by Crippen LogP contribution is 2.37. The highest BCUT2D eigenvalue weighted by molar-refractivity contribution is 7.13. The lowest BCUT2D eigenvalue weighted by atomic mass is 10.0. The molecule has 3 heterocycles.